The third-order valence-electron chi connectivity index (χ3n) is 3.14. The van der Waals surface area contributed by atoms with Crippen molar-refractivity contribution in [3.63, 3.8) is 0 Å². The quantitative estimate of drug-likeness (QED) is 0.574. The van der Waals surface area contributed by atoms with E-state index in [-0.39, 0.29) is 22.8 Å². The third-order valence-corrected chi connectivity index (χ3v) is 4.50. The summed E-state index contributed by atoms with van der Waals surface area (Å²) in [5, 5.41) is 14.3. The molecule has 0 saturated heterocycles. The number of para-hydroxylation sites is 1. The number of hydrogen-bond acceptors (Lipinski definition) is 5. The maximum absolute atomic E-state index is 12.1. The van der Waals surface area contributed by atoms with E-state index in [2.05, 4.69) is 10.3 Å². The number of nitro groups is 1. The van der Waals surface area contributed by atoms with Crippen LogP contribution in [-0.4, -0.2) is 15.8 Å². The number of fused-ring (bicyclic) bond motifs is 1. The number of carbonyl (C=O) groups excluding carboxylic acids is 1. The van der Waals surface area contributed by atoms with E-state index in [9.17, 15) is 14.9 Å². The van der Waals surface area contributed by atoms with Gasteiger partial charge in [0, 0.05) is 11.6 Å². The van der Waals surface area contributed by atoms with E-state index >= 15 is 0 Å². The number of halogens is 1. The normalized spacial score (nSPS) is 10.7. The van der Waals surface area contributed by atoms with E-state index in [1.807, 2.05) is 24.3 Å². The van der Waals surface area contributed by atoms with Gasteiger partial charge in [-0.15, -0.1) is 11.3 Å². The van der Waals surface area contributed by atoms with E-state index < -0.39 is 10.8 Å². The van der Waals surface area contributed by atoms with Gasteiger partial charge in [-0.25, -0.2) is 4.98 Å². The number of rotatable bonds is 4. The van der Waals surface area contributed by atoms with Crippen LogP contribution in [0.5, 0.6) is 0 Å². The van der Waals surface area contributed by atoms with Gasteiger partial charge in [0.2, 0.25) is 0 Å². The molecule has 0 aliphatic carbocycles. The highest BCUT2D eigenvalue weighted by molar-refractivity contribution is 7.18. The van der Waals surface area contributed by atoms with Gasteiger partial charge in [0.1, 0.15) is 10.0 Å². The van der Waals surface area contributed by atoms with Gasteiger partial charge in [-0.3, -0.25) is 14.9 Å². The first-order valence-corrected chi connectivity index (χ1v) is 7.80. The molecule has 0 aliphatic heterocycles. The Labute approximate surface area is 139 Å². The average molecular weight is 348 g/mol. The van der Waals surface area contributed by atoms with Crippen molar-refractivity contribution in [1.82, 2.24) is 10.3 Å². The van der Waals surface area contributed by atoms with Crippen LogP contribution in [0.4, 0.5) is 5.69 Å². The summed E-state index contributed by atoms with van der Waals surface area (Å²) < 4.78 is 1.04. The maximum atomic E-state index is 12.1. The number of nitro benzene ring substituents is 1. The van der Waals surface area contributed by atoms with Crippen molar-refractivity contribution in [2.24, 2.45) is 0 Å². The Bertz CT molecular complexity index is 877. The highest BCUT2D eigenvalue weighted by Gasteiger charge is 2.16. The lowest BCUT2D eigenvalue weighted by Gasteiger charge is -2.03. The lowest BCUT2D eigenvalue weighted by atomic mass is 10.2. The molecule has 2 aromatic carbocycles. The average Bonchev–Trinajstić information content (AvgIpc) is 2.95. The second kappa shape index (κ2) is 6.31. The summed E-state index contributed by atoms with van der Waals surface area (Å²) in [5.74, 6) is -0.413. The van der Waals surface area contributed by atoms with Crippen LogP contribution in [-0.2, 0) is 6.54 Å². The summed E-state index contributed by atoms with van der Waals surface area (Å²) in [4.78, 5) is 26.8. The zero-order chi connectivity index (χ0) is 16.4. The monoisotopic (exact) mass is 347 g/mol. The first-order chi connectivity index (χ1) is 11.0. The van der Waals surface area contributed by atoms with Crippen LogP contribution in [0.1, 0.15) is 15.4 Å². The summed E-state index contributed by atoms with van der Waals surface area (Å²) in [5.41, 5.74) is 0.769. The smallest absolute Gasteiger partial charge is 0.288 e. The molecule has 1 amide bonds. The van der Waals surface area contributed by atoms with Crippen LogP contribution >= 0.6 is 22.9 Å². The van der Waals surface area contributed by atoms with Crippen molar-refractivity contribution in [1.29, 1.82) is 0 Å². The first-order valence-electron chi connectivity index (χ1n) is 6.61. The molecule has 0 fully saturated rings. The number of nitrogens with zero attached hydrogens (tertiary/aromatic N) is 2. The summed E-state index contributed by atoms with van der Waals surface area (Å²) in [6.45, 7) is 0.259. The van der Waals surface area contributed by atoms with Crippen LogP contribution in [0.2, 0.25) is 5.02 Å². The van der Waals surface area contributed by atoms with Gasteiger partial charge >= 0.3 is 0 Å². The zero-order valence-electron chi connectivity index (χ0n) is 11.7. The molecule has 0 bridgehead atoms. The summed E-state index contributed by atoms with van der Waals surface area (Å²) in [7, 11) is 0. The fourth-order valence-corrected chi connectivity index (χ4v) is 3.14. The van der Waals surface area contributed by atoms with Gasteiger partial charge in [-0.05, 0) is 24.3 Å². The van der Waals surface area contributed by atoms with Crippen molar-refractivity contribution < 1.29 is 9.72 Å². The zero-order valence-corrected chi connectivity index (χ0v) is 13.2. The van der Waals surface area contributed by atoms with E-state index in [0.717, 1.165) is 21.3 Å². The van der Waals surface area contributed by atoms with Crippen LogP contribution in [0.25, 0.3) is 10.2 Å². The Morgan fingerprint density at radius 1 is 1.30 bits per heavy atom. The molecule has 0 aliphatic rings. The molecule has 3 aromatic rings. The first kappa shape index (κ1) is 15.4. The van der Waals surface area contributed by atoms with Gasteiger partial charge in [-0.2, -0.15) is 0 Å². The van der Waals surface area contributed by atoms with Gasteiger partial charge in [-0.1, -0.05) is 23.7 Å². The second-order valence-corrected chi connectivity index (χ2v) is 6.20. The number of carbonyl (C=O) groups is 1. The number of thiazole rings is 1. The van der Waals surface area contributed by atoms with Crippen molar-refractivity contribution in [2.45, 2.75) is 6.54 Å². The fraction of sp³-hybridized carbons (Fsp3) is 0.0667. The fourth-order valence-electron chi connectivity index (χ4n) is 2.05. The highest BCUT2D eigenvalue weighted by Crippen LogP contribution is 2.25. The molecule has 8 heteroatoms. The van der Waals surface area contributed by atoms with Gasteiger partial charge < -0.3 is 5.32 Å². The molecule has 23 heavy (non-hydrogen) atoms. The van der Waals surface area contributed by atoms with E-state index in [1.54, 1.807) is 0 Å². The molecule has 1 heterocycles. The number of nitrogens with one attached hydrogen (secondary N) is 1. The van der Waals surface area contributed by atoms with Crippen molar-refractivity contribution in [3.05, 3.63) is 68.2 Å². The minimum Gasteiger partial charge on any atom is -0.346 e. The Morgan fingerprint density at radius 3 is 2.83 bits per heavy atom. The van der Waals surface area contributed by atoms with Gasteiger partial charge in [0.25, 0.3) is 11.6 Å². The van der Waals surface area contributed by atoms with Gasteiger partial charge in [0.15, 0.2) is 0 Å². The molecule has 6 nitrogen and oxygen atoms in total. The Kier molecular flexibility index (Phi) is 4.22. The molecule has 1 aromatic heterocycles. The van der Waals surface area contributed by atoms with Crippen molar-refractivity contribution >= 4 is 44.7 Å². The molecular weight excluding hydrogens is 338 g/mol. The predicted molar refractivity (Wildman–Crippen MR) is 88.9 cm³/mol. The Balaban J connectivity index is 1.74. The SMILES string of the molecule is O=C(NCc1nc2ccccc2s1)c1ccc(Cl)c([N+](=O)[O-])c1. The molecule has 1 N–H and O–H groups in total. The molecule has 0 unspecified atom stereocenters. The van der Waals surface area contributed by atoms with Crippen molar-refractivity contribution in [3.8, 4) is 0 Å². The standard InChI is InChI=1S/C15H10ClN3O3S/c16-10-6-5-9(7-12(10)19(21)22)15(20)17-8-14-18-11-3-1-2-4-13(11)23-14/h1-7H,8H2,(H,17,20). The maximum Gasteiger partial charge on any atom is 0.288 e. The van der Waals surface area contributed by atoms with E-state index in [4.69, 9.17) is 11.6 Å². The topological polar surface area (TPSA) is 85.1 Å². The van der Waals surface area contributed by atoms with Crippen LogP contribution < -0.4 is 5.32 Å². The largest absolute Gasteiger partial charge is 0.346 e. The molecule has 0 atom stereocenters. The number of amides is 1. The lowest BCUT2D eigenvalue weighted by molar-refractivity contribution is -0.384. The molecule has 0 radical (unpaired) electrons. The van der Waals surface area contributed by atoms with Crippen LogP contribution in [0.3, 0.4) is 0 Å². The predicted octanol–water partition coefficient (Wildman–Crippen LogP) is 3.79. The number of hydrogen-bond donors (Lipinski definition) is 1. The second-order valence-electron chi connectivity index (χ2n) is 4.68. The molecule has 0 spiro atoms. The summed E-state index contributed by atoms with van der Waals surface area (Å²) >= 11 is 7.22. The minimum atomic E-state index is -0.618. The molecular formula is C15H10ClN3O3S. The Morgan fingerprint density at radius 2 is 2.09 bits per heavy atom. The highest BCUT2D eigenvalue weighted by atomic mass is 35.5. The third kappa shape index (κ3) is 3.30. The lowest BCUT2D eigenvalue weighted by Crippen LogP contribution is -2.22. The minimum absolute atomic E-state index is 0.00211. The summed E-state index contributed by atoms with van der Waals surface area (Å²) in [6, 6.07) is 11.6. The van der Waals surface area contributed by atoms with Crippen LogP contribution in [0, 0.1) is 10.1 Å². The molecule has 0 saturated carbocycles. The number of benzene rings is 2. The summed E-state index contributed by atoms with van der Waals surface area (Å²) in [6.07, 6.45) is 0. The number of aromatic nitrogens is 1. The molecule has 3 rings (SSSR count). The van der Waals surface area contributed by atoms with E-state index in [1.165, 1.54) is 23.5 Å². The van der Waals surface area contributed by atoms with Crippen LogP contribution in [0.15, 0.2) is 42.5 Å². The van der Waals surface area contributed by atoms with Gasteiger partial charge in [0.05, 0.1) is 21.7 Å². The Hall–Kier alpha value is -2.51. The molecule has 116 valence electrons. The van der Waals surface area contributed by atoms with Crippen molar-refractivity contribution in [2.75, 3.05) is 0 Å². The van der Waals surface area contributed by atoms with E-state index in [0.29, 0.717) is 0 Å².